The highest BCUT2D eigenvalue weighted by molar-refractivity contribution is 6.30. The first-order valence-corrected chi connectivity index (χ1v) is 6.47. The molecule has 1 unspecified atom stereocenters. The average molecular weight is 300 g/mol. The van der Waals surface area contributed by atoms with E-state index in [2.05, 4.69) is 0 Å². The Morgan fingerprint density at radius 3 is 1.95 bits per heavy atom. The van der Waals surface area contributed by atoms with E-state index in [0.717, 1.165) is 12.1 Å². The molecule has 0 aromatic heterocycles. The highest BCUT2D eigenvalue weighted by Gasteiger charge is 2.10. The Kier molecular flexibility index (Phi) is 4.68. The molecule has 1 nitrogen and oxygen atoms in total. The van der Waals surface area contributed by atoms with Crippen LogP contribution in [0.2, 0.25) is 5.02 Å². The zero-order valence-corrected chi connectivity index (χ0v) is 11.3. The maximum atomic E-state index is 13.3. The van der Waals surface area contributed by atoms with E-state index in [-0.39, 0.29) is 11.1 Å². The summed E-state index contributed by atoms with van der Waals surface area (Å²) in [5.74, 6) is -2.28. The molecule has 0 saturated heterocycles. The van der Waals surface area contributed by atoms with E-state index in [1.165, 1.54) is 18.2 Å². The predicted octanol–water partition coefficient (Wildman–Crippen LogP) is 3.87. The number of halogens is 4. The van der Waals surface area contributed by atoms with Crippen LogP contribution in [0.15, 0.2) is 36.4 Å². The summed E-state index contributed by atoms with van der Waals surface area (Å²) in [5.41, 5.74) is 7.26. The second kappa shape index (κ2) is 6.29. The maximum absolute atomic E-state index is 13.3. The zero-order chi connectivity index (χ0) is 14.7. The van der Waals surface area contributed by atoms with Gasteiger partial charge in [0.05, 0.1) is 5.02 Å². The zero-order valence-electron chi connectivity index (χ0n) is 10.5. The SMILES string of the molecule is NC(Cc1ccc(F)c(F)c1)Cc1ccc(Cl)c(F)c1. The van der Waals surface area contributed by atoms with Crippen molar-refractivity contribution in [3.05, 3.63) is 70.0 Å². The van der Waals surface area contributed by atoms with Crippen LogP contribution < -0.4 is 5.73 Å². The second-order valence-corrected chi connectivity index (χ2v) is 5.07. The van der Waals surface area contributed by atoms with Crippen LogP contribution in [0.25, 0.3) is 0 Å². The van der Waals surface area contributed by atoms with E-state index < -0.39 is 17.5 Å². The summed E-state index contributed by atoms with van der Waals surface area (Å²) >= 11 is 5.60. The molecule has 0 heterocycles. The average Bonchev–Trinajstić information content (AvgIpc) is 2.38. The van der Waals surface area contributed by atoms with Gasteiger partial charge in [0.2, 0.25) is 0 Å². The minimum absolute atomic E-state index is 0.0583. The largest absolute Gasteiger partial charge is 0.327 e. The van der Waals surface area contributed by atoms with Gasteiger partial charge in [0.25, 0.3) is 0 Å². The Bertz CT molecular complexity index is 563. The Balaban J connectivity index is 2.02. The molecular weight excluding hydrogens is 287 g/mol. The molecule has 2 aromatic carbocycles. The maximum Gasteiger partial charge on any atom is 0.159 e. The standard InChI is InChI=1S/C15H13ClF3N/c16-12-3-1-9(7-14(12)18)5-11(20)6-10-2-4-13(17)15(19)8-10/h1-4,7-8,11H,5-6,20H2. The summed E-state index contributed by atoms with van der Waals surface area (Å²) in [5, 5.41) is 0.0583. The van der Waals surface area contributed by atoms with Gasteiger partial charge in [-0.15, -0.1) is 0 Å². The molecule has 0 aliphatic heterocycles. The lowest BCUT2D eigenvalue weighted by Gasteiger charge is -2.12. The molecule has 0 amide bonds. The van der Waals surface area contributed by atoms with Gasteiger partial charge in [-0.1, -0.05) is 23.7 Å². The summed E-state index contributed by atoms with van der Waals surface area (Å²) in [7, 11) is 0. The van der Waals surface area contributed by atoms with Crippen LogP contribution in [0, 0.1) is 17.5 Å². The number of rotatable bonds is 4. The van der Waals surface area contributed by atoms with E-state index in [9.17, 15) is 13.2 Å². The van der Waals surface area contributed by atoms with Crippen molar-refractivity contribution in [2.24, 2.45) is 5.73 Å². The van der Waals surface area contributed by atoms with Crippen molar-refractivity contribution in [2.45, 2.75) is 18.9 Å². The molecule has 1 atom stereocenters. The molecule has 0 aliphatic carbocycles. The van der Waals surface area contributed by atoms with E-state index in [4.69, 9.17) is 17.3 Å². The van der Waals surface area contributed by atoms with Gasteiger partial charge >= 0.3 is 0 Å². The van der Waals surface area contributed by atoms with Gasteiger partial charge < -0.3 is 5.73 Å². The lowest BCUT2D eigenvalue weighted by atomic mass is 9.99. The first-order chi connectivity index (χ1) is 9.45. The van der Waals surface area contributed by atoms with Gasteiger partial charge in [-0.05, 0) is 48.2 Å². The van der Waals surface area contributed by atoms with Crippen molar-refractivity contribution < 1.29 is 13.2 Å². The van der Waals surface area contributed by atoms with E-state index in [1.54, 1.807) is 6.07 Å². The smallest absolute Gasteiger partial charge is 0.159 e. The van der Waals surface area contributed by atoms with Crippen molar-refractivity contribution in [1.82, 2.24) is 0 Å². The lowest BCUT2D eigenvalue weighted by molar-refractivity contribution is 0.506. The summed E-state index contributed by atoms with van der Waals surface area (Å²) < 4.78 is 39.2. The fourth-order valence-electron chi connectivity index (χ4n) is 2.01. The van der Waals surface area contributed by atoms with Crippen LogP contribution in [0.4, 0.5) is 13.2 Å². The van der Waals surface area contributed by atoms with E-state index >= 15 is 0 Å². The molecule has 5 heteroatoms. The topological polar surface area (TPSA) is 26.0 Å². The fourth-order valence-corrected chi connectivity index (χ4v) is 2.13. The van der Waals surface area contributed by atoms with Gasteiger partial charge in [0, 0.05) is 6.04 Å². The van der Waals surface area contributed by atoms with Crippen molar-refractivity contribution in [2.75, 3.05) is 0 Å². The number of benzene rings is 2. The van der Waals surface area contributed by atoms with Crippen LogP contribution in [-0.2, 0) is 12.8 Å². The monoisotopic (exact) mass is 299 g/mol. The molecule has 0 bridgehead atoms. The van der Waals surface area contributed by atoms with Crippen LogP contribution in [-0.4, -0.2) is 6.04 Å². The minimum atomic E-state index is -0.896. The Labute approximate surface area is 120 Å². The summed E-state index contributed by atoms with van der Waals surface area (Å²) in [6, 6.07) is 7.85. The van der Waals surface area contributed by atoms with Crippen LogP contribution in [0.3, 0.4) is 0 Å². The summed E-state index contributed by atoms with van der Waals surface area (Å²) in [6.45, 7) is 0. The second-order valence-electron chi connectivity index (χ2n) is 4.67. The van der Waals surface area contributed by atoms with Crippen LogP contribution in [0.5, 0.6) is 0 Å². The molecule has 0 aliphatic rings. The van der Waals surface area contributed by atoms with E-state index in [1.807, 2.05) is 0 Å². The fraction of sp³-hybridized carbons (Fsp3) is 0.200. The molecule has 0 spiro atoms. The van der Waals surface area contributed by atoms with Crippen molar-refractivity contribution >= 4 is 11.6 Å². The highest BCUT2D eigenvalue weighted by atomic mass is 35.5. The Morgan fingerprint density at radius 2 is 1.40 bits per heavy atom. The first kappa shape index (κ1) is 14.9. The minimum Gasteiger partial charge on any atom is -0.327 e. The number of nitrogens with two attached hydrogens (primary N) is 1. The van der Waals surface area contributed by atoms with Gasteiger partial charge in [-0.3, -0.25) is 0 Å². The van der Waals surface area contributed by atoms with Crippen molar-refractivity contribution in [3.8, 4) is 0 Å². The highest BCUT2D eigenvalue weighted by Crippen LogP contribution is 2.17. The molecule has 0 saturated carbocycles. The molecule has 2 N–H and O–H groups in total. The molecule has 2 aromatic rings. The van der Waals surface area contributed by atoms with Gasteiger partial charge in [0.1, 0.15) is 5.82 Å². The molecule has 0 radical (unpaired) electrons. The van der Waals surface area contributed by atoms with Gasteiger partial charge in [0.15, 0.2) is 11.6 Å². The quantitative estimate of drug-likeness (QED) is 0.911. The number of hydrogen-bond donors (Lipinski definition) is 1. The Hall–Kier alpha value is -1.52. The lowest BCUT2D eigenvalue weighted by Crippen LogP contribution is -2.25. The van der Waals surface area contributed by atoms with Gasteiger partial charge in [-0.25, -0.2) is 13.2 Å². The first-order valence-electron chi connectivity index (χ1n) is 6.09. The normalized spacial score (nSPS) is 12.4. The molecule has 106 valence electrons. The van der Waals surface area contributed by atoms with Crippen molar-refractivity contribution in [1.29, 1.82) is 0 Å². The van der Waals surface area contributed by atoms with Crippen LogP contribution >= 0.6 is 11.6 Å². The summed E-state index contributed by atoms with van der Waals surface area (Å²) in [6.07, 6.45) is 0.800. The molecular formula is C15H13ClF3N. The number of hydrogen-bond acceptors (Lipinski definition) is 1. The third-order valence-electron chi connectivity index (χ3n) is 2.96. The van der Waals surface area contributed by atoms with E-state index in [0.29, 0.717) is 24.0 Å². The Morgan fingerprint density at radius 1 is 0.850 bits per heavy atom. The summed E-state index contributed by atoms with van der Waals surface area (Å²) in [4.78, 5) is 0. The third kappa shape index (κ3) is 3.74. The molecule has 2 rings (SSSR count). The van der Waals surface area contributed by atoms with Crippen molar-refractivity contribution in [3.63, 3.8) is 0 Å². The third-order valence-corrected chi connectivity index (χ3v) is 3.27. The molecule has 20 heavy (non-hydrogen) atoms. The van der Waals surface area contributed by atoms with Crippen LogP contribution in [0.1, 0.15) is 11.1 Å². The predicted molar refractivity (Wildman–Crippen MR) is 73.2 cm³/mol. The molecule has 0 fully saturated rings. The van der Waals surface area contributed by atoms with Gasteiger partial charge in [-0.2, -0.15) is 0 Å².